The van der Waals surface area contributed by atoms with Crippen LogP contribution in [-0.4, -0.2) is 37.1 Å². The molecule has 1 aliphatic rings. The Kier molecular flexibility index (Phi) is 6.24. The molecule has 0 aromatic heterocycles. The molecule has 1 aromatic carbocycles. The van der Waals surface area contributed by atoms with Crippen molar-refractivity contribution in [1.82, 2.24) is 5.32 Å². The van der Waals surface area contributed by atoms with Crippen LogP contribution >= 0.6 is 0 Å². The third-order valence-electron chi connectivity index (χ3n) is 4.12. The predicted molar refractivity (Wildman–Crippen MR) is 88.2 cm³/mol. The molecule has 1 heterocycles. The predicted octanol–water partition coefficient (Wildman–Crippen LogP) is 2.91. The normalized spacial score (nSPS) is 19.1. The smallest absolute Gasteiger partial charge is 0.119 e. The van der Waals surface area contributed by atoms with E-state index in [1.165, 1.54) is 5.56 Å². The van der Waals surface area contributed by atoms with Gasteiger partial charge in [-0.05, 0) is 30.5 Å². The molecule has 2 N–H and O–H groups in total. The van der Waals surface area contributed by atoms with Crippen LogP contribution in [0.15, 0.2) is 24.3 Å². The second kappa shape index (κ2) is 7.95. The summed E-state index contributed by atoms with van der Waals surface area (Å²) in [4.78, 5) is 0. The Labute approximate surface area is 133 Å². The zero-order valence-electron chi connectivity index (χ0n) is 14.0. The van der Waals surface area contributed by atoms with E-state index < -0.39 is 5.60 Å². The summed E-state index contributed by atoms with van der Waals surface area (Å²) in [5.41, 5.74) is 0.569. The van der Waals surface area contributed by atoms with Crippen molar-refractivity contribution in [2.45, 2.75) is 45.3 Å². The lowest BCUT2D eigenvalue weighted by Crippen LogP contribution is -2.45. The number of nitrogens with one attached hydrogen (secondary N) is 1. The van der Waals surface area contributed by atoms with Crippen molar-refractivity contribution in [2.75, 3.05) is 26.4 Å². The third kappa shape index (κ3) is 5.27. The molecule has 1 saturated heterocycles. The minimum Gasteiger partial charge on any atom is -0.493 e. The summed E-state index contributed by atoms with van der Waals surface area (Å²) >= 11 is 0. The van der Waals surface area contributed by atoms with Crippen LogP contribution in [0.5, 0.6) is 5.75 Å². The standard InChI is InChI=1S/C18H29NO3/c1-14(2)12-22-17-6-4-16(5-7-17)15(3)19-13-18(20)8-10-21-11-9-18/h4-7,14-15,19-20H,8-13H2,1-3H3. The van der Waals surface area contributed by atoms with Gasteiger partial charge in [0.25, 0.3) is 0 Å². The van der Waals surface area contributed by atoms with Crippen molar-refractivity contribution >= 4 is 0 Å². The Balaban J connectivity index is 1.82. The van der Waals surface area contributed by atoms with Gasteiger partial charge in [0.15, 0.2) is 0 Å². The van der Waals surface area contributed by atoms with E-state index in [2.05, 4.69) is 38.2 Å². The first-order chi connectivity index (χ1) is 10.5. The van der Waals surface area contributed by atoms with Crippen molar-refractivity contribution in [3.05, 3.63) is 29.8 Å². The van der Waals surface area contributed by atoms with Crippen molar-refractivity contribution in [3.63, 3.8) is 0 Å². The summed E-state index contributed by atoms with van der Waals surface area (Å²) < 4.78 is 11.0. The van der Waals surface area contributed by atoms with Gasteiger partial charge in [-0.3, -0.25) is 0 Å². The fourth-order valence-corrected chi connectivity index (χ4v) is 2.50. The average molecular weight is 307 g/mol. The number of aliphatic hydroxyl groups is 1. The zero-order chi connectivity index (χ0) is 16.0. The molecule has 124 valence electrons. The van der Waals surface area contributed by atoms with Crippen LogP contribution < -0.4 is 10.1 Å². The van der Waals surface area contributed by atoms with E-state index >= 15 is 0 Å². The fourth-order valence-electron chi connectivity index (χ4n) is 2.50. The Bertz CT molecular complexity index is 438. The van der Waals surface area contributed by atoms with Gasteiger partial charge in [-0.15, -0.1) is 0 Å². The maximum absolute atomic E-state index is 10.5. The van der Waals surface area contributed by atoms with Crippen LogP contribution in [0.25, 0.3) is 0 Å². The second-order valence-electron chi connectivity index (χ2n) is 6.71. The molecule has 0 spiro atoms. The van der Waals surface area contributed by atoms with Crippen molar-refractivity contribution in [2.24, 2.45) is 5.92 Å². The zero-order valence-corrected chi connectivity index (χ0v) is 14.0. The van der Waals surface area contributed by atoms with Crippen LogP contribution in [0.1, 0.15) is 45.2 Å². The molecule has 1 unspecified atom stereocenters. The van der Waals surface area contributed by atoms with Crippen LogP contribution in [0.2, 0.25) is 0 Å². The molecule has 4 nitrogen and oxygen atoms in total. The Morgan fingerprint density at radius 1 is 1.18 bits per heavy atom. The Hall–Kier alpha value is -1.10. The van der Waals surface area contributed by atoms with Crippen molar-refractivity contribution in [1.29, 1.82) is 0 Å². The highest BCUT2D eigenvalue weighted by Crippen LogP contribution is 2.22. The van der Waals surface area contributed by atoms with Crippen molar-refractivity contribution in [3.8, 4) is 5.75 Å². The summed E-state index contributed by atoms with van der Waals surface area (Å²) in [6, 6.07) is 8.40. The number of rotatable bonds is 7. The van der Waals surface area contributed by atoms with E-state index in [0.717, 1.165) is 12.4 Å². The SMILES string of the molecule is CC(C)COc1ccc(C(C)NCC2(O)CCOCC2)cc1. The fraction of sp³-hybridized carbons (Fsp3) is 0.667. The minimum absolute atomic E-state index is 0.200. The number of hydrogen-bond donors (Lipinski definition) is 2. The number of hydrogen-bond acceptors (Lipinski definition) is 4. The van der Waals surface area contributed by atoms with Gasteiger partial charge >= 0.3 is 0 Å². The minimum atomic E-state index is -0.632. The lowest BCUT2D eigenvalue weighted by atomic mass is 9.94. The summed E-state index contributed by atoms with van der Waals surface area (Å²) in [5.74, 6) is 1.44. The molecule has 0 saturated carbocycles. The Morgan fingerprint density at radius 3 is 2.41 bits per heavy atom. The maximum atomic E-state index is 10.5. The number of ether oxygens (including phenoxy) is 2. The van der Waals surface area contributed by atoms with Crippen molar-refractivity contribution < 1.29 is 14.6 Å². The van der Waals surface area contributed by atoms with Gasteiger partial charge in [-0.25, -0.2) is 0 Å². The van der Waals surface area contributed by atoms with E-state index in [1.807, 2.05) is 12.1 Å². The molecule has 2 rings (SSSR count). The molecule has 0 bridgehead atoms. The molecule has 1 atom stereocenters. The van der Waals surface area contributed by atoms with Gasteiger partial charge in [-0.1, -0.05) is 26.0 Å². The molecular weight excluding hydrogens is 278 g/mol. The highest BCUT2D eigenvalue weighted by atomic mass is 16.5. The van der Waals surface area contributed by atoms with E-state index in [1.54, 1.807) is 0 Å². The summed E-state index contributed by atoms with van der Waals surface area (Å²) in [6.45, 7) is 9.03. The Morgan fingerprint density at radius 2 is 1.82 bits per heavy atom. The van der Waals surface area contributed by atoms with Gasteiger partial charge in [0, 0.05) is 38.6 Å². The van der Waals surface area contributed by atoms with Crippen LogP contribution in [0.3, 0.4) is 0 Å². The first-order valence-electron chi connectivity index (χ1n) is 8.25. The largest absolute Gasteiger partial charge is 0.493 e. The molecule has 0 radical (unpaired) electrons. The molecule has 0 aliphatic carbocycles. The van der Waals surface area contributed by atoms with E-state index in [0.29, 0.717) is 38.5 Å². The molecule has 1 aromatic rings. The van der Waals surface area contributed by atoms with Gasteiger partial charge in [-0.2, -0.15) is 0 Å². The van der Waals surface area contributed by atoms with E-state index in [-0.39, 0.29) is 6.04 Å². The molecule has 4 heteroatoms. The lowest BCUT2D eigenvalue weighted by molar-refractivity contribution is -0.0626. The van der Waals surface area contributed by atoms with Crippen LogP contribution in [0, 0.1) is 5.92 Å². The van der Waals surface area contributed by atoms with E-state index in [9.17, 15) is 5.11 Å². The van der Waals surface area contributed by atoms with Gasteiger partial charge in [0.2, 0.25) is 0 Å². The van der Waals surface area contributed by atoms with E-state index in [4.69, 9.17) is 9.47 Å². The van der Waals surface area contributed by atoms with Gasteiger partial charge in [0.05, 0.1) is 12.2 Å². The average Bonchev–Trinajstić information content (AvgIpc) is 2.52. The topological polar surface area (TPSA) is 50.7 Å². The molecule has 0 amide bonds. The van der Waals surface area contributed by atoms with Crippen LogP contribution in [0.4, 0.5) is 0 Å². The van der Waals surface area contributed by atoms with Gasteiger partial charge < -0.3 is 19.9 Å². The maximum Gasteiger partial charge on any atom is 0.119 e. The third-order valence-corrected chi connectivity index (χ3v) is 4.12. The second-order valence-corrected chi connectivity index (χ2v) is 6.71. The quantitative estimate of drug-likeness (QED) is 0.813. The molecule has 22 heavy (non-hydrogen) atoms. The summed E-state index contributed by atoms with van der Waals surface area (Å²) in [7, 11) is 0. The first-order valence-corrected chi connectivity index (χ1v) is 8.25. The molecular formula is C18H29NO3. The first kappa shape index (κ1) is 17.3. The monoisotopic (exact) mass is 307 g/mol. The summed E-state index contributed by atoms with van der Waals surface area (Å²) in [5, 5.41) is 13.9. The number of benzene rings is 1. The highest BCUT2D eigenvalue weighted by Gasteiger charge is 2.29. The van der Waals surface area contributed by atoms with Crippen LogP contribution in [-0.2, 0) is 4.74 Å². The molecule has 1 aliphatic heterocycles. The van der Waals surface area contributed by atoms with Gasteiger partial charge in [0.1, 0.15) is 5.75 Å². The molecule has 1 fully saturated rings. The summed E-state index contributed by atoms with van der Waals surface area (Å²) in [6.07, 6.45) is 1.41. The highest BCUT2D eigenvalue weighted by molar-refractivity contribution is 5.29. The lowest BCUT2D eigenvalue weighted by Gasteiger charge is -2.33.